The highest BCUT2D eigenvalue weighted by Crippen LogP contribution is 2.07. The number of hydrogen-bond donors (Lipinski definition) is 2. The molecule has 0 saturated carbocycles. The Balaban J connectivity index is 2.42. The van der Waals surface area contributed by atoms with Gasteiger partial charge >= 0.3 is 17.6 Å². The molecule has 0 unspecified atom stereocenters. The molecular weight excluding hydrogens is 292 g/mol. The van der Waals surface area contributed by atoms with Crippen LogP contribution in [0.5, 0.6) is 0 Å². The van der Waals surface area contributed by atoms with Gasteiger partial charge in [-0.05, 0) is 20.8 Å². The summed E-state index contributed by atoms with van der Waals surface area (Å²) in [5, 5.41) is 0. The van der Waals surface area contributed by atoms with Gasteiger partial charge in [-0.2, -0.15) is 0 Å². The smallest absolute Gasteiger partial charge is 0.331 e. The summed E-state index contributed by atoms with van der Waals surface area (Å²) in [4.78, 5) is 49.3. The van der Waals surface area contributed by atoms with Gasteiger partial charge < -0.3 is 14.5 Å². The lowest BCUT2D eigenvalue weighted by atomic mass is 10.2. The minimum Gasteiger partial charge on any atom is -0.462 e. The third kappa shape index (κ3) is 6.69. The van der Waals surface area contributed by atoms with Crippen molar-refractivity contribution in [3.8, 4) is 0 Å². The fourth-order valence-electron chi connectivity index (χ4n) is 1.40. The van der Waals surface area contributed by atoms with Crippen molar-refractivity contribution in [1.82, 2.24) is 9.97 Å². The standard InChI is InChI=1S/C14H18N2O6/c1-14(2,3)22-11(18)5-4-10(17)21-7-6-9-8-15-13(20)16-12(9)19/h4-5,8H,6-7H2,1-3H3,(H2,15,16,19,20)/b5-4+. The maximum atomic E-state index is 11.4. The molecule has 120 valence electrons. The number of esters is 2. The number of aromatic nitrogens is 2. The minimum absolute atomic E-state index is 0.0629. The van der Waals surface area contributed by atoms with Crippen molar-refractivity contribution in [2.75, 3.05) is 6.61 Å². The number of H-pyrrole nitrogens is 2. The number of rotatable bonds is 5. The molecule has 1 heterocycles. The molecule has 0 bridgehead atoms. The first kappa shape index (κ1) is 17.4. The second kappa shape index (κ2) is 7.39. The number of carbonyl (C=O) groups is 2. The van der Waals surface area contributed by atoms with Gasteiger partial charge in [-0.3, -0.25) is 9.78 Å². The number of ether oxygens (including phenoxy) is 2. The lowest BCUT2D eigenvalue weighted by Gasteiger charge is -2.17. The van der Waals surface area contributed by atoms with Crippen molar-refractivity contribution >= 4 is 11.9 Å². The Morgan fingerprint density at radius 2 is 1.82 bits per heavy atom. The van der Waals surface area contributed by atoms with E-state index in [-0.39, 0.29) is 18.6 Å². The molecule has 0 aliphatic carbocycles. The summed E-state index contributed by atoms with van der Waals surface area (Å²) in [5.74, 6) is -1.38. The van der Waals surface area contributed by atoms with E-state index in [2.05, 4.69) is 9.97 Å². The predicted octanol–water partition coefficient (Wildman–Crippen LogP) is 0.0468. The predicted molar refractivity (Wildman–Crippen MR) is 77.3 cm³/mol. The molecule has 1 aromatic rings. The van der Waals surface area contributed by atoms with Gasteiger partial charge in [0.2, 0.25) is 0 Å². The zero-order valence-corrected chi connectivity index (χ0v) is 12.6. The summed E-state index contributed by atoms with van der Waals surface area (Å²) in [6, 6.07) is 0. The summed E-state index contributed by atoms with van der Waals surface area (Å²) >= 11 is 0. The Labute approximate surface area is 126 Å². The Morgan fingerprint density at radius 3 is 2.41 bits per heavy atom. The van der Waals surface area contributed by atoms with E-state index in [1.54, 1.807) is 20.8 Å². The average Bonchev–Trinajstić information content (AvgIpc) is 2.37. The SMILES string of the molecule is CC(C)(C)OC(=O)/C=C/C(=O)OCCc1c[nH]c(=O)[nH]c1=O. The fourth-order valence-corrected chi connectivity index (χ4v) is 1.40. The van der Waals surface area contributed by atoms with E-state index in [1.807, 2.05) is 0 Å². The molecule has 0 saturated heterocycles. The van der Waals surface area contributed by atoms with Crippen molar-refractivity contribution < 1.29 is 19.1 Å². The molecule has 8 heteroatoms. The summed E-state index contributed by atoms with van der Waals surface area (Å²) in [6.45, 7) is 5.06. The maximum absolute atomic E-state index is 11.4. The molecule has 0 radical (unpaired) electrons. The zero-order chi connectivity index (χ0) is 16.8. The van der Waals surface area contributed by atoms with Gasteiger partial charge in [0.1, 0.15) is 5.60 Å². The monoisotopic (exact) mass is 310 g/mol. The van der Waals surface area contributed by atoms with E-state index in [0.717, 1.165) is 12.2 Å². The average molecular weight is 310 g/mol. The Kier molecular flexibility index (Phi) is 5.85. The lowest BCUT2D eigenvalue weighted by Crippen LogP contribution is -2.25. The third-order valence-corrected chi connectivity index (χ3v) is 2.27. The van der Waals surface area contributed by atoms with Crippen LogP contribution in [0.3, 0.4) is 0 Å². The Hall–Kier alpha value is -2.64. The summed E-state index contributed by atoms with van der Waals surface area (Å²) < 4.78 is 9.81. The Bertz CT molecular complexity index is 678. The quantitative estimate of drug-likeness (QED) is 0.586. The first-order valence-electron chi connectivity index (χ1n) is 6.56. The topological polar surface area (TPSA) is 118 Å². The van der Waals surface area contributed by atoms with Crippen LogP contribution in [0.4, 0.5) is 0 Å². The van der Waals surface area contributed by atoms with Crippen molar-refractivity contribution in [3.05, 3.63) is 44.8 Å². The van der Waals surface area contributed by atoms with E-state index in [4.69, 9.17) is 9.47 Å². The molecule has 0 atom stereocenters. The highest BCUT2D eigenvalue weighted by Gasteiger charge is 2.14. The van der Waals surface area contributed by atoms with Crippen LogP contribution in [0.25, 0.3) is 0 Å². The van der Waals surface area contributed by atoms with Gasteiger partial charge in [0.15, 0.2) is 0 Å². The number of nitrogens with one attached hydrogen (secondary N) is 2. The van der Waals surface area contributed by atoms with Crippen molar-refractivity contribution in [2.24, 2.45) is 0 Å². The highest BCUT2D eigenvalue weighted by molar-refractivity contribution is 5.91. The van der Waals surface area contributed by atoms with Crippen LogP contribution in [0.15, 0.2) is 27.9 Å². The van der Waals surface area contributed by atoms with Crippen LogP contribution in [-0.4, -0.2) is 34.1 Å². The van der Waals surface area contributed by atoms with E-state index in [0.29, 0.717) is 0 Å². The number of aromatic amines is 2. The van der Waals surface area contributed by atoms with Crippen LogP contribution in [0.2, 0.25) is 0 Å². The summed E-state index contributed by atoms with van der Waals surface area (Å²) in [5.41, 5.74) is -1.50. The van der Waals surface area contributed by atoms with Crippen molar-refractivity contribution in [2.45, 2.75) is 32.8 Å². The van der Waals surface area contributed by atoms with Gasteiger partial charge in [-0.1, -0.05) is 0 Å². The number of carbonyl (C=O) groups excluding carboxylic acids is 2. The van der Waals surface area contributed by atoms with E-state index in [9.17, 15) is 19.2 Å². The first-order valence-corrected chi connectivity index (χ1v) is 6.56. The molecule has 0 spiro atoms. The van der Waals surface area contributed by atoms with Crippen LogP contribution in [0.1, 0.15) is 26.3 Å². The number of hydrogen-bond acceptors (Lipinski definition) is 6. The molecule has 22 heavy (non-hydrogen) atoms. The fraction of sp³-hybridized carbons (Fsp3) is 0.429. The normalized spacial score (nSPS) is 11.4. The minimum atomic E-state index is -0.730. The lowest BCUT2D eigenvalue weighted by molar-refractivity contribution is -0.149. The summed E-state index contributed by atoms with van der Waals surface area (Å²) in [7, 11) is 0. The van der Waals surface area contributed by atoms with Gasteiger partial charge in [0, 0.05) is 30.3 Å². The van der Waals surface area contributed by atoms with Gasteiger partial charge in [-0.25, -0.2) is 14.4 Å². The van der Waals surface area contributed by atoms with Crippen molar-refractivity contribution in [1.29, 1.82) is 0 Å². The molecule has 0 aliphatic rings. The summed E-state index contributed by atoms with van der Waals surface area (Å²) in [6.07, 6.45) is 3.31. The van der Waals surface area contributed by atoms with Crippen LogP contribution in [-0.2, 0) is 25.5 Å². The van der Waals surface area contributed by atoms with Gasteiger partial charge in [0.25, 0.3) is 5.56 Å². The van der Waals surface area contributed by atoms with E-state index < -0.39 is 28.8 Å². The maximum Gasteiger partial charge on any atom is 0.331 e. The molecule has 8 nitrogen and oxygen atoms in total. The highest BCUT2D eigenvalue weighted by atomic mass is 16.6. The van der Waals surface area contributed by atoms with E-state index in [1.165, 1.54) is 6.20 Å². The second-order valence-electron chi connectivity index (χ2n) is 5.38. The first-order chi connectivity index (χ1) is 10.2. The van der Waals surface area contributed by atoms with Crippen LogP contribution in [0, 0.1) is 0 Å². The molecule has 0 aliphatic heterocycles. The zero-order valence-electron chi connectivity index (χ0n) is 12.6. The third-order valence-electron chi connectivity index (χ3n) is 2.27. The molecule has 0 fully saturated rings. The molecular formula is C14H18N2O6. The molecule has 1 rings (SSSR count). The molecule has 2 N–H and O–H groups in total. The largest absolute Gasteiger partial charge is 0.462 e. The van der Waals surface area contributed by atoms with E-state index >= 15 is 0 Å². The van der Waals surface area contributed by atoms with Crippen LogP contribution >= 0.6 is 0 Å². The molecule has 1 aromatic heterocycles. The van der Waals surface area contributed by atoms with Gasteiger partial charge in [-0.15, -0.1) is 0 Å². The molecule has 0 amide bonds. The van der Waals surface area contributed by atoms with Crippen LogP contribution < -0.4 is 11.2 Å². The molecule has 0 aromatic carbocycles. The second-order valence-corrected chi connectivity index (χ2v) is 5.38. The Morgan fingerprint density at radius 1 is 1.18 bits per heavy atom. The van der Waals surface area contributed by atoms with Gasteiger partial charge in [0.05, 0.1) is 6.61 Å². The van der Waals surface area contributed by atoms with Crippen molar-refractivity contribution in [3.63, 3.8) is 0 Å².